The van der Waals surface area contributed by atoms with Crippen LogP contribution in [-0.2, 0) is 16.0 Å². The van der Waals surface area contributed by atoms with Crippen LogP contribution >= 0.6 is 0 Å². The Morgan fingerprint density at radius 1 is 1.40 bits per heavy atom. The maximum atomic E-state index is 11.4. The summed E-state index contributed by atoms with van der Waals surface area (Å²) in [6.45, 7) is 3.57. The van der Waals surface area contributed by atoms with Crippen molar-refractivity contribution in [2.75, 3.05) is 7.11 Å². The fourth-order valence-corrected chi connectivity index (χ4v) is 1.29. The summed E-state index contributed by atoms with van der Waals surface area (Å²) in [6, 6.07) is 9.77. The van der Waals surface area contributed by atoms with Crippen LogP contribution in [0.25, 0.3) is 0 Å². The molecule has 0 amide bonds. The van der Waals surface area contributed by atoms with E-state index in [9.17, 15) is 4.79 Å². The maximum Gasteiger partial charge on any atom is 0.334 e. The summed E-state index contributed by atoms with van der Waals surface area (Å²) in [5.74, 6) is -0.307. The van der Waals surface area contributed by atoms with E-state index < -0.39 is 0 Å². The number of benzene rings is 1. The summed E-state index contributed by atoms with van der Waals surface area (Å²) in [5.41, 5.74) is 1.69. The molecule has 0 fully saturated rings. The summed E-state index contributed by atoms with van der Waals surface area (Å²) in [7, 11) is 1.38. The van der Waals surface area contributed by atoms with Crippen molar-refractivity contribution in [3.05, 3.63) is 60.2 Å². The molecule has 0 N–H and O–H groups in total. The quantitative estimate of drug-likeness (QED) is 0.426. The fraction of sp³-hybridized carbons (Fsp3) is 0.154. The van der Waals surface area contributed by atoms with Crippen molar-refractivity contribution in [2.24, 2.45) is 0 Å². The van der Waals surface area contributed by atoms with Crippen molar-refractivity contribution in [1.82, 2.24) is 0 Å². The van der Waals surface area contributed by atoms with Gasteiger partial charge in [-0.25, -0.2) is 4.79 Å². The monoisotopic (exact) mass is 202 g/mol. The summed E-state index contributed by atoms with van der Waals surface area (Å²) >= 11 is 0. The molecule has 0 heterocycles. The third-order valence-corrected chi connectivity index (χ3v) is 2.00. The van der Waals surface area contributed by atoms with Crippen molar-refractivity contribution >= 4 is 5.97 Å². The average Bonchev–Trinajstić information content (AvgIpc) is 2.29. The number of hydrogen-bond acceptors (Lipinski definition) is 2. The first-order valence-corrected chi connectivity index (χ1v) is 4.71. The molecule has 2 heteroatoms. The highest BCUT2D eigenvalue weighted by molar-refractivity contribution is 5.89. The van der Waals surface area contributed by atoms with E-state index in [1.165, 1.54) is 7.11 Å². The van der Waals surface area contributed by atoms with Crippen molar-refractivity contribution in [3.63, 3.8) is 0 Å². The third kappa shape index (κ3) is 3.43. The van der Waals surface area contributed by atoms with Gasteiger partial charge in [0.05, 0.1) is 7.11 Å². The van der Waals surface area contributed by atoms with Crippen molar-refractivity contribution < 1.29 is 9.53 Å². The van der Waals surface area contributed by atoms with Crippen LogP contribution in [0.1, 0.15) is 5.56 Å². The summed E-state index contributed by atoms with van der Waals surface area (Å²) in [5, 5.41) is 0. The zero-order valence-corrected chi connectivity index (χ0v) is 8.77. The molecule has 0 bridgehead atoms. The van der Waals surface area contributed by atoms with Crippen LogP contribution < -0.4 is 0 Å². The SMILES string of the molecule is C=C/C=C(\Cc1ccccc1)C(=O)OC. The molecule has 0 unspecified atom stereocenters. The topological polar surface area (TPSA) is 26.3 Å². The molecule has 2 nitrogen and oxygen atoms in total. The zero-order chi connectivity index (χ0) is 11.1. The molecule has 0 spiro atoms. The van der Waals surface area contributed by atoms with Crippen LogP contribution in [0.15, 0.2) is 54.6 Å². The molecule has 1 rings (SSSR count). The molecule has 0 atom stereocenters. The lowest BCUT2D eigenvalue weighted by Crippen LogP contribution is -2.07. The van der Waals surface area contributed by atoms with E-state index in [0.29, 0.717) is 12.0 Å². The van der Waals surface area contributed by atoms with E-state index in [-0.39, 0.29) is 5.97 Å². The average molecular weight is 202 g/mol. The predicted octanol–water partition coefficient (Wildman–Crippen LogP) is 2.51. The second kappa shape index (κ2) is 5.81. The number of esters is 1. The number of methoxy groups -OCH3 is 1. The van der Waals surface area contributed by atoms with Gasteiger partial charge in [-0.3, -0.25) is 0 Å². The first-order valence-electron chi connectivity index (χ1n) is 4.71. The van der Waals surface area contributed by atoms with Crippen LogP contribution in [0.5, 0.6) is 0 Å². The summed E-state index contributed by atoms with van der Waals surface area (Å²) in [6.07, 6.45) is 3.84. The smallest absolute Gasteiger partial charge is 0.334 e. The van der Waals surface area contributed by atoms with Gasteiger partial charge >= 0.3 is 5.97 Å². The number of carbonyl (C=O) groups excluding carboxylic acids is 1. The molecule has 78 valence electrons. The van der Waals surface area contributed by atoms with Crippen molar-refractivity contribution in [1.29, 1.82) is 0 Å². The van der Waals surface area contributed by atoms with Crippen LogP contribution in [0.4, 0.5) is 0 Å². The van der Waals surface area contributed by atoms with Gasteiger partial charge < -0.3 is 4.74 Å². The van der Waals surface area contributed by atoms with E-state index in [1.54, 1.807) is 12.2 Å². The van der Waals surface area contributed by atoms with Crippen LogP contribution in [0.2, 0.25) is 0 Å². The summed E-state index contributed by atoms with van der Waals surface area (Å²) in [4.78, 5) is 11.4. The minimum atomic E-state index is -0.307. The van der Waals surface area contributed by atoms with Crippen LogP contribution in [0.3, 0.4) is 0 Å². The highest BCUT2D eigenvalue weighted by atomic mass is 16.5. The van der Waals surface area contributed by atoms with Gasteiger partial charge in [0.15, 0.2) is 0 Å². The Balaban J connectivity index is 2.81. The highest BCUT2D eigenvalue weighted by Gasteiger charge is 2.08. The van der Waals surface area contributed by atoms with Crippen LogP contribution in [-0.4, -0.2) is 13.1 Å². The minimum absolute atomic E-state index is 0.307. The number of rotatable bonds is 4. The predicted molar refractivity (Wildman–Crippen MR) is 60.4 cm³/mol. The number of hydrogen-bond donors (Lipinski definition) is 0. The Morgan fingerprint density at radius 3 is 2.60 bits per heavy atom. The Kier molecular flexibility index (Phi) is 4.35. The maximum absolute atomic E-state index is 11.4. The van der Waals surface area contributed by atoms with Crippen LogP contribution in [0, 0.1) is 0 Å². The number of carbonyl (C=O) groups is 1. The summed E-state index contributed by atoms with van der Waals surface area (Å²) < 4.78 is 4.68. The van der Waals surface area contributed by atoms with Gasteiger partial charge in [0.2, 0.25) is 0 Å². The first-order chi connectivity index (χ1) is 7.27. The van der Waals surface area contributed by atoms with E-state index in [0.717, 1.165) is 5.56 Å². The fourth-order valence-electron chi connectivity index (χ4n) is 1.29. The minimum Gasteiger partial charge on any atom is -0.466 e. The number of allylic oxidation sites excluding steroid dienone is 2. The molecule has 15 heavy (non-hydrogen) atoms. The van der Waals surface area contributed by atoms with E-state index in [2.05, 4.69) is 11.3 Å². The normalized spacial score (nSPS) is 10.9. The van der Waals surface area contributed by atoms with E-state index in [1.807, 2.05) is 30.3 Å². The van der Waals surface area contributed by atoms with E-state index >= 15 is 0 Å². The van der Waals surface area contributed by atoms with Gasteiger partial charge in [0.1, 0.15) is 0 Å². The molecule has 0 aliphatic rings. The highest BCUT2D eigenvalue weighted by Crippen LogP contribution is 2.09. The Labute approximate surface area is 89.9 Å². The number of ether oxygens (including phenoxy) is 1. The molecule has 0 aromatic heterocycles. The second-order valence-electron chi connectivity index (χ2n) is 3.08. The lowest BCUT2D eigenvalue weighted by molar-refractivity contribution is -0.136. The molecule has 0 saturated carbocycles. The van der Waals surface area contributed by atoms with E-state index in [4.69, 9.17) is 0 Å². The van der Waals surface area contributed by atoms with Crippen molar-refractivity contribution in [3.8, 4) is 0 Å². The van der Waals surface area contributed by atoms with Gasteiger partial charge in [0, 0.05) is 12.0 Å². The molecule has 0 aliphatic carbocycles. The van der Waals surface area contributed by atoms with Crippen molar-refractivity contribution in [2.45, 2.75) is 6.42 Å². The standard InChI is InChI=1S/C13H14O2/c1-3-7-12(13(14)15-2)10-11-8-5-4-6-9-11/h3-9H,1,10H2,2H3/b12-7+. The zero-order valence-electron chi connectivity index (χ0n) is 8.77. The molecular formula is C13H14O2. The van der Waals surface area contributed by atoms with Gasteiger partial charge in [-0.15, -0.1) is 0 Å². The lowest BCUT2D eigenvalue weighted by atomic mass is 10.1. The lowest BCUT2D eigenvalue weighted by Gasteiger charge is -2.04. The molecule has 0 radical (unpaired) electrons. The third-order valence-electron chi connectivity index (χ3n) is 2.00. The molecule has 1 aromatic rings. The Bertz CT molecular complexity index is 363. The van der Waals surface area contributed by atoms with Gasteiger partial charge in [0.25, 0.3) is 0 Å². The molecular weight excluding hydrogens is 188 g/mol. The Hall–Kier alpha value is -1.83. The van der Waals surface area contributed by atoms with Gasteiger partial charge in [-0.2, -0.15) is 0 Å². The van der Waals surface area contributed by atoms with Gasteiger partial charge in [-0.05, 0) is 5.56 Å². The van der Waals surface area contributed by atoms with Gasteiger partial charge in [-0.1, -0.05) is 49.1 Å². The molecule has 1 aromatic carbocycles. The largest absolute Gasteiger partial charge is 0.466 e. The molecule has 0 aliphatic heterocycles. The first kappa shape index (κ1) is 11.2. The second-order valence-corrected chi connectivity index (χ2v) is 3.08. The molecule has 0 saturated heterocycles. The Morgan fingerprint density at radius 2 is 2.07 bits per heavy atom.